The molecule has 2 aromatic carbocycles. The lowest BCUT2D eigenvalue weighted by molar-refractivity contribution is -0.116. The summed E-state index contributed by atoms with van der Waals surface area (Å²) in [5.41, 5.74) is 3.05. The fourth-order valence-corrected chi connectivity index (χ4v) is 2.42. The average Bonchev–Trinajstić information content (AvgIpc) is 2.59. The Kier molecular flexibility index (Phi) is 4.06. The number of hydrogen-bond donors (Lipinski definition) is 2. The molecule has 0 bridgehead atoms. The summed E-state index contributed by atoms with van der Waals surface area (Å²) in [6.45, 7) is 1.70. The number of rotatable bonds is 2. The summed E-state index contributed by atoms with van der Waals surface area (Å²) in [5.74, 6) is -0.513. The molecule has 4 heteroatoms. The van der Waals surface area contributed by atoms with Crippen molar-refractivity contribution in [2.24, 2.45) is 0 Å². The quantitative estimate of drug-likeness (QED) is 0.896. The van der Waals surface area contributed by atoms with Crippen molar-refractivity contribution >= 4 is 23.2 Å². The van der Waals surface area contributed by atoms with Gasteiger partial charge in [-0.05, 0) is 18.1 Å². The van der Waals surface area contributed by atoms with Crippen LogP contribution >= 0.6 is 0 Å². The van der Waals surface area contributed by atoms with Crippen molar-refractivity contribution in [3.05, 3.63) is 83.4 Å². The summed E-state index contributed by atoms with van der Waals surface area (Å²) >= 11 is 0. The van der Waals surface area contributed by atoms with Gasteiger partial charge >= 0.3 is 0 Å². The molecule has 0 fully saturated rings. The fraction of sp³-hybridized carbons (Fsp3) is 0.0526. The van der Waals surface area contributed by atoms with Crippen LogP contribution in [0.4, 0.5) is 0 Å². The molecule has 1 heterocycles. The van der Waals surface area contributed by atoms with Gasteiger partial charge in [-0.3, -0.25) is 9.59 Å². The average molecular weight is 304 g/mol. The SMILES string of the molecule is CC1=C(c2ccccc2)NC(=O)C=C(c2ccccc2)NC1=O. The van der Waals surface area contributed by atoms with E-state index in [1.165, 1.54) is 6.08 Å². The summed E-state index contributed by atoms with van der Waals surface area (Å²) in [7, 11) is 0. The van der Waals surface area contributed by atoms with Crippen LogP contribution in [0.15, 0.2) is 72.3 Å². The van der Waals surface area contributed by atoms with Crippen LogP contribution in [0.3, 0.4) is 0 Å². The van der Waals surface area contributed by atoms with Crippen molar-refractivity contribution in [3.63, 3.8) is 0 Å². The first kappa shape index (κ1) is 14.8. The summed E-state index contributed by atoms with van der Waals surface area (Å²) in [6, 6.07) is 18.6. The van der Waals surface area contributed by atoms with Crippen LogP contribution in [0.1, 0.15) is 18.1 Å². The summed E-state index contributed by atoms with van der Waals surface area (Å²) in [5, 5.41) is 5.64. The Hall–Kier alpha value is -3.14. The van der Waals surface area contributed by atoms with Crippen LogP contribution in [-0.2, 0) is 9.59 Å². The normalized spacial score (nSPS) is 15.3. The van der Waals surface area contributed by atoms with E-state index in [1.54, 1.807) is 6.92 Å². The molecule has 2 N–H and O–H groups in total. The number of amides is 2. The molecular weight excluding hydrogens is 288 g/mol. The maximum atomic E-state index is 12.5. The highest BCUT2D eigenvalue weighted by Crippen LogP contribution is 2.20. The molecule has 0 radical (unpaired) electrons. The lowest BCUT2D eigenvalue weighted by atomic mass is 10.0. The highest BCUT2D eigenvalue weighted by atomic mass is 16.2. The molecule has 0 aliphatic carbocycles. The van der Waals surface area contributed by atoms with Crippen molar-refractivity contribution in [3.8, 4) is 0 Å². The zero-order valence-electron chi connectivity index (χ0n) is 12.7. The second-order valence-corrected chi connectivity index (χ2v) is 5.23. The predicted molar refractivity (Wildman–Crippen MR) is 89.7 cm³/mol. The van der Waals surface area contributed by atoms with E-state index < -0.39 is 0 Å². The molecule has 1 aliphatic rings. The van der Waals surface area contributed by atoms with Crippen LogP contribution in [0.2, 0.25) is 0 Å². The molecule has 0 aromatic heterocycles. The van der Waals surface area contributed by atoms with Gasteiger partial charge in [0.05, 0.1) is 11.4 Å². The van der Waals surface area contributed by atoms with Gasteiger partial charge in [0.25, 0.3) is 11.8 Å². The van der Waals surface area contributed by atoms with Crippen LogP contribution in [0, 0.1) is 0 Å². The van der Waals surface area contributed by atoms with Crippen LogP contribution in [-0.4, -0.2) is 11.8 Å². The third kappa shape index (κ3) is 3.21. The number of carbonyl (C=O) groups excluding carboxylic acids is 2. The predicted octanol–water partition coefficient (Wildman–Crippen LogP) is 2.70. The second kappa shape index (κ2) is 6.32. The van der Waals surface area contributed by atoms with Crippen LogP contribution < -0.4 is 10.6 Å². The molecule has 23 heavy (non-hydrogen) atoms. The van der Waals surface area contributed by atoms with Gasteiger partial charge in [-0.25, -0.2) is 0 Å². The first-order valence-corrected chi connectivity index (χ1v) is 7.31. The van der Waals surface area contributed by atoms with Gasteiger partial charge in [0.2, 0.25) is 0 Å². The molecular formula is C19H16N2O2. The van der Waals surface area contributed by atoms with Gasteiger partial charge in [0.1, 0.15) is 0 Å². The largest absolute Gasteiger partial charge is 0.321 e. The van der Waals surface area contributed by atoms with E-state index >= 15 is 0 Å². The lowest BCUT2D eigenvalue weighted by Crippen LogP contribution is -2.32. The van der Waals surface area contributed by atoms with Crippen LogP contribution in [0.25, 0.3) is 11.4 Å². The maximum absolute atomic E-state index is 12.5. The van der Waals surface area contributed by atoms with Crippen LogP contribution in [0.5, 0.6) is 0 Å². The van der Waals surface area contributed by atoms with E-state index in [0.29, 0.717) is 17.0 Å². The molecule has 3 rings (SSSR count). The van der Waals surface area contributed by atoms with Gasteiger partial charge in [-0.1, -0.05) is 60.7 Å². The number of hydrogen-bond acceptors (Lipinski definition) is 2. The third-order valence-corrected chi connectivity index (χ3v) is 3.63. The molecule has 0 unspecified atom stereocenters. The van der Waals surface area contributed by atoms with Gasteiger partial charge in [-0.2, -0.15) is 0 Å². The van der Waals surface area contributed by atoms with Gasteiger partial charge < -0.3 is 10.6 Å². The first-order chi connectivity index (χ1) is 11.1. The minimum atomic E-state index is -0.276. The molecule has 0 spiro atoms. The first-order valence-electron chi connectivity index (χ1n) is 7.31. The number of benzene rings is 2. The highest BCUT2D eigenvalue weighted by molar-refractivity contribution is 6.11. The maximum Gasteiger partial charge on any atom is 0.253 e. The molecule has 4 nitrogen and oxygen atoms in total. The Morgan fingerprint density at radius 2 is 1.30 bits per heavy atom. The Balaban J connectivity index is 1.99. The Morgan fingerprint density at radius 3 is 1.91 bits per heavy atom. The van der Waals surface area contributed by atoms with E-state index in [9.17, 15) is 9.59 Å². The van der Waals surface area contributed by atoms with Crippen molar-refractivity contribution in [2.75, 3.05) is 0 Å². The molecule has 2 amide bonds. The fourth-order valence-electron chi connectivity index (χ4n) is 2.42. The molecule has 0 atom stereocenters. The minimum Gasteiger partial charge on any atom is -0.321 e. The zero-order valence-corrected chi connectivity index (χ0v) is 12.7. The number of nitrogens with one attached hydrogen (secondary N) is 2. The van der Waals surface area contributed by atoms with E-state index in [2.05, 4.69) is 10.6 Å². The van der Waals surface area contributed by atoms with Crippen molar-refractivity contribution in [1.29, 1.82) is 0 Å². The standard InChI is InChI=1S/C19H16N2O2/c1-13-18(15-10-6-3-7-11-15)21-17(22)12-16(20-19(13)23)14-8-4-2-5-9-14/h2-12H,1H3,(H,20,23)(H,21,22). The van der Waals surface area contributed by atoms with E-state index in [4.69, 9.17) is 0 Å². The molecule has 114 valence electrons. The third-order valence-electron chi connectivity index (χ3n) is 3.63. The second-order valence-electron chi connectivity index (χ2n) is 5.23. The van der Waals surface area contributed by atoms with E-state index in [1.807, 2.05) is 60.7 Å². The Bertz CT molecular complexity index is 806. The highest BCUT2D eigenvalue weighted by Gasteiger charge is 2.19. The van der Waals surface area contributed by atoms with Crippen molar-refractivity contribution in [2.45, 2.75) is 6.92 Å². The van der Waals surface area contributed by atoms with Crippen molar-refractivity contribution in [1.82, 2.24) is 10.6 Å². The van der Waals surface area contributed by atoms with Gasteiger partial charge in [0.15, 0.2) is 0 Å². The molecule has 2 aromatic rings. The smallest absolute Gasteiger partial charge is 0.253 e. The summed E-state index contributed by atoms with van der Waals surface area (Å²) < 4.78 is 0. The summed E-state index contributed by atoms with van der Waals surface area (Å²) in [6.07, 6.45) is 1.41. The monoisotopic (exact) mass is 304 g/mol. The Labute approximate surface area is 134 Å². The van der Waals surface area contributed by atoms with E-state index in [0.717, 1.165) is 11.1 Å². The number of carbonyl (C=O) groups is 2. The van der Waals surface area contributed by atoms with Gasteiger partial charge in [-0.15, -0.1) is 0 Å². The lowest BCUT2D eigenvalue weighted by Gasteiger charge is -2.18. The molecule has 1 aliphatic heterocycles. The Morgan fingerprint density at radius 1 is 0.739 bits per heavy atom. The van der Waals surface area contributed by atoms with E-state index in [-0.39, 0.29) is 11.8 Å². The zero-order chi connectivity index (χ0) is 16.2. The minimum absolute atomic E-state index is 0.237. The topological polar surface area (TPSA) is 58.2 Å². The van der Waals surface area contributed by atoms with Crippen molar-refractivity contribution < 1.29 is 9.59 Å². The van der Waals surface area contributed by atoms with Gasteiger partial charge in [0, 0.05) is 11.6 Å². The molecule has 0 saturated carbocycles. The summed E-state index contributed by atoms with van der Waals surface area (Å²) in [4.78, 5) is 24.8. The molecule has 0 saturated heterocycles.